The highest BCUT2D eigenvalue weighted by Gasteiger charge is 2.10. The van der Waals surface area contributed by atoms with Gasteiger partial charge in [-0.05, 0) is 6.42 Å². The molecule has 1 atom stereocenters. The van der Waals surface area contributed by atoms with Crippen LogP contribution in [0.1, 0.15) is 26.1 Å². The lowest BCUT2D eigenvalue weighted by Crippen LogP contribution is -2.06. The number of aromatic nitrogens is 3. The van der Waals surface area contributed by atoms with Crippen LogP contribution in [0.15, 0.2) is 5.16 Å². The maximum atomic E-state index is 5.49. The molecule has 0 aliphatic heterocycles. The molecule has 1 heterocycles. The lowest BCUT2D eigenvalue weighted by molar-refractivity contribution is 0.730. The monoisotopic (exact) mass is 200 g/mol. The van der Waals surface area contributed by atoms with Gasteiger partial charge in [-0.15, -0.1) is 10.2 Å². The number of rotatable bonds is 4. The highest BCUT2D eigenvalue weighted by molar-refractivity contribution is 7.99. The van der Waals surface area contributed by atoms with Crippen LogP contribution in [-0.2, 0) is 13.6 Å². The fourth-order valence-electron chi connectivity index (χ4n) is 0.889. The number of thioether (sulfide) groups is 1. The SMILES string of the molecule is CCC(C)Sc1nnc(CN)n1C. The third kappa shape index (κ3) is 2.45. The smallest absolute Gasteiger partial charge is 0.191 e. The summed E-state index contributed by atoms with van der Waals surface area (Å²) in [7, 11) is 1.95. The van der Waals surface area contributed by atoms with E-state index in [1.807, 2.05) is 11.6 Å². The first kappa shape index (κ1) is 10.5. The van der Waals surface area contributed by atoms with Gasteiger partial charge in [0.15, 0.2) is 5.16 Å². The van der Waals surface area contributed by atoms with E-state index >= 15 is 0 Å². The summed E-state index contributed by atoms with van der Waals surface area (Å²) in [6.45, 7) is 4.80. The van der Waals surface area contributed by atoms with Crippen molar-refractivity contribution in [3.63, 3.8) is 0 Å². The van der Waals surface area contributed by atoms with E-state index in [4.69, 9.17) is 5.73 Å². The fraction of sp³-hybridized carbons (Fsp3) is 0.750. The second kappa shape index (κ2) is 4.62. The molecule has 0 saturated carbocycles. The Morgan fingerprint density at radius 3 is 2.69 bits per heavy atom. The summed E-state index contributed by atoms with van der Waals surface area (Å²) in [4.78, 5) is 0. The predicted octanol–water partition coefficient (Wildman–Crippen LogP) is 1.16. The van der Waals surface area contributed by atoms with Crippen molar-refractivity contribution < 1.29 is 0 Å². The maximum absolute atomic E-state index is 5.49. The van der Waals surface area contributed by atoms with Crippen LogP contribution in [0.2, 0.25) is 0 Å². The van der Waals surface area contributed by atoms with Gasteiger partial charge in [-0.25, -0.2) is 0 Å². The summed E-state index contributed by atoms with van der Waals surface area (Å²) in [6.07, 6.45) is 1.13. The molecule has 0 saturated heterocycles. The van der Waals surface area contributed by atoms with Gasteiger partial charge in [-0.2, -0.15) is 0 Å². The van der Waals surface area contributed by atoms with E-state index in [0.29, 0.717) is 11.8 Å². The number of nitrogens with two attached hydrogens (primary N) is 1. The van der Waals surface area contributed by atoms with Gasteiger partial charge >= 0.3 is 0 Å². The van der Waals surface area contributed by atoms with Crippen LogP contribution in [0.25, 0.3) is 0 Å². The Balaban J connectivity index is 2.72. The summed E-state index contributed by atoms with van der Waals surface area (Å²) in [6, 6.07) is 0. The number of hydrogen-bond acceptors (Lipinski definition) is 4. The molecule has 0 amide bonds. The molecule has 0 aliphatic rings. The van der Waals surface area contributed by atoms with Crippen LogP contribution in [0, 0.1) is 0 Å². The summed E-state index contributed by atoms with van der Waals surface area (Å²) in [5, 5.41) is 9.59. The average molecular weight is 200 g/mol. The van der Waals surface area contributed by atoms with Crippen molar-refractivity contribution >= 4 is 11.8 Å². The standard InChI is InChI=1S/C8H16N4S/c1-4-6(2)13-8-11-10-7(5-9)12(8)3/h6H,4-5,9H2,1-3H3. The van der Waals surface area contributed by atoms with E-state index in [9.17, 15) is 0 Å². The predicted molar refractivity (Wildman–Crippen MR) is 54.5 cm³/mol. The molecule has 1 aromatic heterocycles. The minimum Gasteiger partial charge on any atom is -0.324 e. The van der Waals surface area contributed by atoms with Crippen molar-refractivity contribution in [2.24, 2.45) is 12.8 Å². The first-order valence-corrected chi connectivity index (χ1v) is 5.32. The molecule has 1 rings (SSSR count). The van der Waals surface area contributed by atoms with Gasteiger partial charge in [0.2, 0.25) is 0 Å². The molecule has 1 aromatic rings. The van der Waals surface area contributed by atoms with E-state index in [2.05, 4.69) is 24.0 Å². The average Bonchev–Trinajstić information content (AvgIpc) is 2.48. The molecule has 0 radical (unpaired) electrons. The van der Waals surface area contributed by atoms with Crippen LogP contribution < -0.4 is 5.73 Å². The molecular formula is C8H16N4S. The van der Waals surface area contributed by atoms with E-state index in [1.54, 1.807) is 11.8 Å². The van der Waals surface area contributed by atoms with Crippen LogP contribution in [-0.4, -0.2) is 20.0 Å². The summed E-state index contributed by atoms with van der Waals surface area (Å²) in [5.41, 5.74) is 5.49. The minimum absolute atomic E-state index is 0.449. The van der Waals surface area contributed by atoms with Crippen molar-refractivity contribution in [3.8, 4) is 0 Å². The Morgan fingerprint density at radius 2 is 2.23 bits per heavy atom. The Kier molecular flexibility index (Phi) is 3.74. The Labute approximate surface area is 82.9 Å². The molecule has 0 aromatic carbocycles. The van der Waals surface area contributed by atoms with Gasteiger partial charge in [0.05, 0.1) is 6.54 Å². The van der Waals surface area contributed by atoms with Gasteiger partial charge in [0, 0.05) is 12.3 Å². The Morgan fingerprint density at radius 1 is 1.54 bits per heavy atom. The van der Waals surface area contributed by atoms with Crippen LogP contribution in [0.3, 0.4) is 0 Å². The zero-order chi connectivity index (χ0) is 9.84. The largest absolute Gasteiger partial charge is 0.324 e. The van der Waals surface area contributed by atoms with Crippen molar-refractivity contribution in [2.75, 3.05) is 0 Å². The lowest BCUT2D eigenvalue weighted by Gasteiger charge is -2.06. The maximum Gasteiger partial charge on any atom is 0.191 e. The minimum atomic E-state index is 0.449. The van der Waals surface area contributed by atoms with Crippen molar-refractivity contribution in [1.29, 1.82) is 0 Å². The summed E-state index contributed by atoms with van der Waals surface area (Å²) < 4.78 is 1.96. The molecule has 13 heavy (non-hydrogen) atoms. The molecule has 2 N–H and O–H groups in total. The normalized spacial score (nSPS) is 13.2. The Bertz CT molecular complexity index is 271. The highest BCUT2D eigenvalue weighted by Crippen LogP contribution is 2.22. The molecule has 0 fully saturated rings. The zero-order valence-electron chi connectivity index (χ0n) is 8.32. The van der Waals surface area contributed by atoms with Crippen molar-refractivity contribution in [2.45, 2.75) is 37.2 Å². The molecular weight excluding hydrogens is 184 g/mol. The van der Waals surface area contributed by atoms with Gasteiger partial charge in [0.25, 0.3) is 0 Å². The lowest BCUT2D eigenvalue weighted by atomic mass is 10.4. The fourth-order valence-corrected chi connectivity index (χ4v) is 1.77. The molecule has 74 valence electrons. The first-order valence-electron chi connectivity index (χ1n) is 4.44. The quantitative estimate of drug-likeness (QED) is 0.741. The van der Waals surface area contributed by atoms with E-state index < -0.39 is 0 Å². The third-order valence-electron chi connectivity index (χ3n) is 1.99. The zero-order valence-corrected chi connectivity index (χ0v) is 9.14. The van der Waals surface area contributed by atoms with Crippen molar-refractivity contribution in [1.82, 2.24) is 14.8 Å². The molecule has 1 unspecified atom stereocenters. The van der Waals surface area contributed by atoms with Crippen molar-refractivity contribution in [3.05, 3.63) is 5.82 Å². The van der Waals surface area contributed by atoms with Gasteiger partial charge < -0.3 is 10.3 Å². The molecule has 0 bridgehead atoms. The molecule has 0 spiro atoms. The number of nitrogens with zero attached hydrogens (tertiary/aromatic N) is 3. The summed E-state index contributed by atoms with van der Waals surface area (Å²) >= 11 is 1.74. The highest BCUT2D eigenvalue weighted by atomic mass is 32.2. The number of hydrogen-bond donors (Lipinski definition) is 1. The van der Waals surface area contributed by atoms with Crippen LogP contribution >= 0.6 is 11.8 Å². The molecule has 0 aliphatic carbocycles. The summed E-state index contributed by atoms with van der Waals surface area (Å²) in [5.74, 6) is 0.839. The van der Waals surface area contributed by atoms with Gasteiger partial charge in [-0.3, -0.25) is 0 Å². The first-order chi connectivity index (χ1) is 6.19. The molecule has 4 nitrogen and oxygen atoms in total. The van der Waals surface area contributed by atoms with E-state index in [0.717, 1.165) is 17.4 Å². The third-order valence-corrected chi connectivity index (χ3v) is 3.29. The van der Waals surface area contributed by atoms with Crippen LogP contribution in [0.5, 0.6) is 0 Å². The molecule has 5 heteroatoms. The Hall–Kier alpha value is -0.550. The van der Waals surface area contributed by atoms with Gasteiger partial charge in [-0.1, -0.05) is 25.6 Å². The van der Waals surface area contributed by atoms with E-state index in [1.165, 1.54) is 0 Å². The van der Waals surface area contributed by atoms with Crippen LogP contribution in [0.4, 0.5) is 0 Å². The van der Waals surface area contributed by atoms with E-state index in [-0.39, 0.29) is 0 Å². The second-order valence-corrected chi connectivity index (χ2v) is 4.40. The topological polar surface area (TPSA) is 56.7 Å². The second-order valence-electron chi connectivity index (χ2n) is 3.00. The van der Waals surface area contributed by atoms with Gasteiger partial charge in [0.1, 0.15) is 5.82 Å².